The largest absolute Gasteiger partial charge is 0.481 e. The van der Waals surface area contributed by atoms with E-state index < -0.39 is 22.2 Å². The first-order chi connectivity index (χ1) is 20.6. The molecule has 216 valence electrons. The molecule has 0 bridgehead atoms. The lowest BCUT2D eigenvalue weighted by molar-refractivity contribution is 0.0696. The highest BCUT2D eigenvalue weighted by atomic mass is 32.2. The monoisotopic (exact) mass is 592 g/mol. The SMILES string of the molecule is Cc1cc(S(=O)(=O)O)ccc1NC1=CC2Oc3cc(Nc4ccccc4C)ccc3C(c3ccccc3C(=O)O)=C2C=C1. The number of aromatic carboxylic acids is 1. The second-order valence-corrected chi connectivity index (χ2v) is 11.8. The van der Waals surface area contributed by atoms with Gasteiger partial charge in [-0.3, -0.25) is 4.55 Å². The molecule has 6 rings (SSSR count). The number of benzene rings is 4. The molecule has 0 amide bonds. The second kappa shape index (κ2) is 10.9. The molecule has 4 aromatic carbocycles. The molecule has 43 heavy (non-hydrogen) atoms. The Morgan fingerprint density at radius 2 is 1.56 bits per heavy atom. The average Bonchev–Trinajstić information content (AvgIpc) is 2.97. The number of fused-ring (bicyclic) bond motifs is 2. The van der Waals surface area contributed by atoms with Crippen molar-refractivity contribution in [2.45, 2.75) is 24.8 Å². The molecular weight excluding hydrogens is 564 g/mol. The van der Waals surface area contributed by atoms with Gasteiger partial charge in [0.1, 0.15) is 11.9 Å². The highest BCUT2D eigenvalue weighted by Gasteiger charge is 2.31. The van der Waals surface area contributed by atoms with E-state index in [1.54, 1.807) is 25.1 Å². The van der Waals surface area contributed by atoms with Gasteiger partial charge >= 0.3 is 5.97 Å². The third-order valence-corrected chi connectivity index (χ3v) is 8.35. The first-order valence-corrected chi connectivity index (χ1v) is 15.0. The van der Waals surface area contributed by atoms with Crippen molar-refractivity contribution in [1.29, 1.82) is 0 Å². The van der Waals surface area contributed by atoms with Crippen molar-refractivity contribution in [3.8, 4) is 5.75 Å². The topological polar surface area (TPSA) is 125 Å². The van der Waals surface area contributed by atoms with E-state index in [1.165, 1.54) is 12.1 Å². The Balaban J connectivity index is 1.42. The molecule has 0 saturated carbocycles. The molecule has 8 nitrogen and oxygen atoms in total. The summed E-state index contributed by atoms with van der Waals surface area (Å²) in [7, 11) is -4.32. The minimum Gasteiger partial charge on any atom is -0.481 e. The van der Waals surface area contributed by atoms with Crippen LogP contribution in [0.4, 0.5) is 17.1 Å². The Morgan fingerprint density at radius 3 is 2.30 bits per heavy atom. The number of rotatable bonds is 7. The van der Waals surface area contributed by atoms with Gasteiger partial charge in [0, 0.05) is 45.5 Å². The first-order valence-electron chi connectivity index (χ1n) is 13.5. The molecule has 4 aromatic rings. The molecule has 4 N–H and O–H groups in total. The highest BCUT2D eigenvalue weighted by Crippen LogP contribution is 2.44. The fourth-order valence-corrected chi connectivity index (χ4v) is 5.90. The summed E-state index contributed by atoms with van der Waals surface area (Å²) < 4.78 is 39.0. The van der Waals surface area contributed by atoms with E-state index >= 15 is 0 Å². The number of allylic oxidation sites excluding steroid dienone is 1. The predicted molar refractivity (Wildman–Crippen MR) is 167 cm³/mol. The van der Waals surface area contributed by atoms with Crippen LogP contribution < -0.4 is 15.4 Å². The summed E-state index contributed by atoms with van der Waals surface area (Å²) >= 11 is 0. The van der Waals surface area contributed by atoms with E-state index in [0.29, 0.717) is 28.3 Å². The fourth-order valence-electron chi connectivity index (χ4n) is 5.33. The van der Waals surface area contributed by atoms with Crippen LogP contribution in [0, 0.1) is 13.8 Å². The summed E-state index contributed by atoms with van der Waals surface area (Å²) in [5, 5.41) is 16.8. The zero-order valence-corrected chi connectivity index (χ0v) is 24.1. The number of ether oxygens (including phenoxy) is 1. The normalized spacial score (nSPS) is 15.6. The Bertz CT molecular complexity index is 1990. The zero-order chi connectivity index (χ0) is 30.3. The Labute approximate surface area is 249 Å². The molecule has 9 heteroatoms. The lowest BCUT2D eigenvalue weighted by atomic mass is 9.84. The van der Waals surface area contributed by atoms with Crippen LogP contribution >= 0.6 is 0 Å². The van der Waals surface area contributed by atoms with Gasteiger partial charge in [-0.15, -0.1) is 0 Å². The number of carbonyl (C=O) groups is 1. The van der Waals surface area contributed by atoms with Crippen LogP contribution in [0.1, 0.15) is 32.6 Å². The lowest BCUT2D eigenvalue weighted by Crippen LogP contribution is -2.26. The van der Waals surface area contributed by atoms with Crippen LogP contribution in [0.5, 0.6) is 5.75 Å². The third kappa shape index (κ3) is 5.55. The highest BCUT2D eigenvalue weighted by molar-refractivity contribution is 7.85. The Kier molecular flexibility index (Phi) is 7.13. The maximum absolute atomic E-state index is 12.2. The molecule has 0 radical (unpaired) electrons. The van der Waals surface area contributed by atoms with E-state index in [0.717, 1.165) is 33.6 Å². The van der Waals surface area contributed by atoms with Gasteiger partial charge in [0.05, 0.1) is 10.5 Å². The maximum atomic E-state index is 12.2. The van der Waals surface area contributed by atoms with Gasteiger partial charge in [0.25, 0.3) is 10.1 Å². The summed E-state index contributed by atoms with van der Waals surface area (Å²) in [4.78, 5) is 12.1. The molecule has 1 atom stereocenters. The van der Waals surface area contributed by atoms with Gasteiger partial charge < -0.3 is 20.5 Å². The smallest absolute Gasteiger partial charge is 0.336 e. The van der Waals surface area contributed by atoms with Gasteiger partial charge in [0.15, 0.2) is 0 Å². The minimum atomic E-state index is -4.32. The molecule has 0 spiro atoms. The van der Waals surface area contributed by atoms with Crippen molar-refractivity contribution in [3.63, 3.8) is 0 Å². The third-order valence-electron chi connectivity index (χ3n) is 7.50. The Hall–Kier alpha value is -5.12. The van der Waals surface area contributed by atoms with Crippen LogP contribution in [0.15, 0.2) is 119 Å². The van der Waals surface area contributed by atoms with Crippen LogP contribution in [0.25, 0.3) is 5.57 Å². The number of para-hydroxylation sites is 1. The van der Waals surface area contributed by atoms with Gasteiger partial charge in [-0.1, -0.05) is 42.5 Å². The number of aryl methyl sites for hydroxylation is 2. The van der Waals surface area contributed by atoms with Crippen molar-refractivity contribution in [1.82, 2.24) is 0 Å². The number of hydrogen-bond acceptors (Lipinski definition) is 6. The molecule has 1 aliphatic carbocycles. The number of anilines is 3. The van der Waals surface area contributed by atoms with E-state index in [9.17, 15) is 22.9 Å². The first kappa shape index (κ1) is 28.0. The van der Waals surface area contributed by atoms with Crippen molar-refractivity contribution < 1.29 is 27.6 Å². The van der Waals surface area contributed by atoms with Gasteiger partial charge in [-0.05, 0) is 85.2 Å². The van der Waals surface area contributed by atoms with Crippen molar-refractivity contribution >= 4 is 38.7 Å². The molecule has 0 fully saturated rings. The predicted octanol–water partition coefficient (Wildman–Crippen LogP) is 7.12. The molecule has 1 unspecified atom stereocenters. The number of nitrogens with one attached hydrogen (secondary N) is 2. The van der Waals surface area contributed by atoms with Crippen LogP contribution in [-0.4, -0.2) is 30.2 Å². The van der Waals surface area contributed by atoms with Crippen molar-refractivity contribution in [3.05, 3.63) is 142 Å². The van der Waals surface area contributed by atoms with Gasteiger partial charge in [-0.2, -0.15) is 8.42 Å². The standard InChI is InChI=1S/C34H28N2O6S/c1-20-7-3-6-10-29(20)35-22-11-14-27-31(18-22)42-32-19-23(36-30-16-13-24(17-21(30)2)43(39,40)41)12-15-28(32)33(27)25-8-4-5-9-26(25)34(37)38/h3-19,32,35-36H,1-2H3,(H,37,38)(H,39,40,41). The molecule has 1 aliphatic heterocycles. The van der Waals surface area contributed by atoms with E-state index in [-0.39, 0.29) is 10.5 Å². The average molecular weight is 593 g/mol. The number of carboxylic acids is 1. The quantitative estimate of drug-likeness (QED) is 0.167. The van der Waals surface area contributed by atoms with Gasteiger partial charge in [-0.25, -0.2) is 4.79 Å². The molecule has 0 aromatic heterocycles. The zero-order valence-electron chi connectivity index (χ0n) is 23.3. The van der Waals surface area contributed by atoms with Gasteiger partial charge in [0.2, 0.25) is 0 Å². The van der Waals surface area contributed by atoms with Crippen LogP contribution in [0.2, 0.25) is 0 Å². The summed E-state index contributed by atoms with van der Waals surface area (Å²) in [6, 6.07) is 25.0. The molecular formula is C34H28N2O6S. The number of hydrogen-bond donors (Lipinski definition) is 4. The van der Waals surface area contributed by atoms with E-state index in [4.69, 9.17) is 4.74 Å². The van der Waals surface area contributed by atoms with Crippen molar-refractivity contribution in [2.75, 3.05) is 10.6 Å². The van der Waals surface area contributed by atoms with Crippen LogP contribution in [-0.2, 0) is 10.1 Å². The molecule has 1 heterocycles. The van der Waals surface area contributed by atoms with E-state index in [2.05, 4.69) is 10.6 Å². The summed E-state index contributed by atoms with van der Waals surface area (Å²) in [6.07, 6.45) is 5.14. The summed E-state index contributed by atoms with van der Waals surface area (Å²) in [5.74, 6) is -0.422. The Morgan fingerprint density at radius 1 is 0.814 bits per heavy atom. The summed E-state index contributed by atoms with van der Waals surface area (Å²) in [6.45, 7) is 3.77. The minimum absolute atomic E-state index is 0.182. The van der Waals surface area contributed by atoms with Crippen molar-refractivity contribution in [2.24, 2.45) is 0 Å². The maximum Gasteiger partial charge on any atom is 0.336 e. The fraction of sp³-hybridized carbons (Fsp3) is 0.0882. The van der Waals surface area contributed by atoms with Crippen LogP contribution in [0.3, 0.4) is 0 Å². The summed E-state index contributed by atoms with van der Waals surface area (Å²) in [5.41, 5.74) is 8.02. The molecule has 2 aliphatic rings. The second-order valence-electron chi connectivity index (χ2n) is 10.4. The van der Waals surface area contributed by atoms with E-state index in [1.807, 2.05) is 79.7 Å². The molecule has 0 saturated heterocycles. The lowest BCUT2D eigenvalue weighted by Gasteiger charge is -2.32. The number of carboxylic acid groups (broad SMARTS) is 1.